The summed E-state index contributed by atoms with van der Waals surface area (Å²) >= 11 is 1.70. The number of amides is 1. The minimum absolute atomic E-state index is 0.0798. The smallest absolute Gasteiger partial charge is 0.231 e. The van der Waals surface area contributed by atoms with E-state index in [0.717, 1.165) is 0 Å². The van der Waals surface area contributed by atoms with Crippen molar-refractivity contribution in [2.24, 2.45) is 11.5 Å². The molecule has 0 aliphatic heterocycles. The fourth-order valence-corrected chi connectivity index (χ4v) is 2.56. The fraction of sp³-hybridized carbons (Fsp3) is 0.500. The van der Waals surface area contributed by atoms with E-state index in [-0.39, 0.29) is 18.5 Å². The van der Waals surface area contributed by atoms with Gasteiger partial charge in [-0.1, -0.05) is 0 Å². The van der Waals surface area contributed by atoms with Crippen LogP contribution in [-0.2, 0) is 4.79 Å². The third-order valence-electron chi connectivity index (χ3n) is 2.25. The molecule has 0 aromatic carbocycles. The van der Waals surface area contributed by atoms with E-state index >= 15 is 0 Å². The number of primary amides is 1. The van der Waals surface area contributed by atoms with Gasteiger partial charge in [-0.2, -0.15) is 0 Å². The van der Waals surface area contributed by atoms with E-state index in [1.807, 2.05) is 11.9 Å². The van der Waals surface area contributed by atoms with Gasteiger partial charge in [0.25, 0.3) is 0 Å². The van der Waals surface area contributed by atoms with Crippen LogP contribution in [-0.4, -0.2) is 30.9 Å². The Hall–Kier alpha value is -0.910. The molecule has 84 valence electrons. The van der Waals surface area contributed by atoms with E-state index in [1.165, 1.54) is 9.75 Å². The number of nitrogens with two attached hydrogens (primary N) is 2. The van der Waals surface area contributed by atoms with Crippen molar-refractivity contribution in [2.45, 2.75) is 13.0 Å². The molecule has 0 aliphatic rings. The Kier molecular flexibility index (Phi) is 4.26. The number of hydrogen-bond acceptors (Lipinski definition) is 4. The number of nitrogens with zero attached hydrogens (tertiary/aromatic N) is 1. The maximum atomic E-state index is 10.8. The van der Waals surface area contributed by atoms with Crippen LogP contribution in [0.5, 0.6) is 0 Å². The average molecular weight is 227 g/mol. The molecule has 15 heavy (non-hydrogen) atoms. The van der Waals surface area contributed by atoms with Crippen LogP contribution in [0.15, 0.2) is 12.1 Å². The predicted molar refractivity (Wildman–Crippen MR) is 62.7 cm³/mol. The second kappa shape index (κ2) is 5.25. The lowest BCUT2D eigenvalue weighted by atomic mass is 10.2. The maximum Gasteiger partial charge on any atom is 0.231 e. The summed E-state index contributed by atoms with van der Waals surface area (Å²) in [4.78, 5) is 15.1. The first kappa shape index (κ1) is 12.2. The Morgan fingerprint density at radius 3 is 2.67 bits per heavy atom. The summed E-state index contributed by atoms with van der Waals surface area (Å²) in [7, 11) is 1.86. The van der Waals surface area contributed by atoms with Crippen LogP contribution in [0.3, 0.4) is 0 Å². The van der Waals surface area contributed by atoms with Gasteiger partial charge in [0.15, 0.2) is 0 Å². The average Bonchev–Trinajstić information content (AvgIpc) is 2.51. The van der Waals surface area contributed by atoms with Crippen LogP contribution in [0.25, 0.3) is 0 Å². The SMILES string of the molecule is Cc1ccc(C(CN)N(C)CC(N)=O)s1. The van der Waals surface area contributed by atoms with Gasteiger partial charge in [-0.05, 0) is 26.1 Å². The molecule has 4 nitrogen and oxygen atoms in total. The Bertz CT molecular complexity index is 337. The summed E-state index contributed by atoms with van der Waals surface area (Å²) in [5.74, 6) is -0.329. The summed E-state index contributed by atoms with van der Waals surface area (Å²) in [5.41, 5.74) is 10.9. The van der Waals surface area contributed by atoms with Crippen molar-refractivity contribution in [3.05, 3.63) is 21.9 Å². The number of aryl methyl sites for hydroxylation is 1. The van der Waals surface area contributed by atoms with Crippen LogP contribution >= 0.6 is 11.3 Å². The minimum Gasteiger partial charge on any atom is -0.369 e. The molecule has 0 aliphatic carbocycles. The molecule has 1 heterocycles. The van der Waals surface area contributed by atoms with Crippen LogP contribution in [0.2, 0.25) is 0 Å². The van der Waals surface area contributed by atoms with E-state index in [4.69, 9.17) is 11.5 Å². The van der Waals surface area contributed by atoms with E-state index in [1.54, 1.807) is 11.3 Å². The topological polar surface area (TPSA) is 72.3 Å². The van der Waals surface area contributed by atoms with Crippen molar-refractivity contribution >= 4 is 17.2 Å². The second-order valence-corrected chi connectivity index (χ2v) is 4.90. The highest BCUT2D eigenvalue weighted by Crippen LogP contribution is 2.25. The number of likely N-dealkylation sites (N-methyl/N-ethyl adjacent to an activating group) is 1. The number of carbonyl (C=O) groups excluding carboxylic acids is 1. The lowest BCUT2D eigenvalue weighted by molar-refractivity contribution is -0.119. The summed E-state index contributed by atoms with van der Waals surface area (Å²) in [6.07, 6.45) is 0. The highest BCUT2D eigenvalue weighted by Gasteiger charge is 2.18. The Balaban J connectivity index is 2.74. The van der Waals surface area contributed by atoms with Gasteiger partial charge in [0.05, 0.1) is 12.6 Å². The fourth-order valence-electron chi connectivity index (χ4n) is 1.50. The largest absolute Gasteiger partial charge is 0.369 e. The maximum absolute atomic E-state index is 10.8. The first-order valence-corrected chi connectivity index (χ1v) is 5.61. The summed E-state index contributed by atoms with van der Waals surface area (Å²) in [5, 5.41) is 0. The monoisotopic (exact) mass is 227 g/mol. The van der Waals surface area contributed by atoms with Gasteiger partial charge < -0.3 is 11.5 Å². The van der Waals surface area contributed by atoms with Gasteiger partial charge in [-0.3, -0.25) is 9.69 Å². The Morgan fingerprint density at radius 2 is 2.27 bits per heavy atom. The van der Waals surface area contributed by atoms with Gasteiger partial charge in [-0.25, -0.2) is 0 Å². The molecule has 1 unspecified atom stereocenters. The molecule has 0 spiro atoms. The summed E-state index contributed by atoms with van der Waals surface area (Å²) in [6.45, 7) is 2.78. The van der Waals surface area contributed by atoms with Crippen molar-refractivity contribution in [3.8, 4) is 0 Å². The highest BCUT2D eigenvalue weighted by atomic mass is 32.1. The number of thiophene rings is 1. The predicted octanol–water partition coefficient (Wildman–Crippen LogP) is 0.473. The van der Waals surface area contributed by atoms with E-state index < -0.39 is 0 Å². The number of hydrogen-bond donors (Lipinski definition) is 2. The molecule has 4 N–H and O–H groups in total. The van der Waals surface area contributed by atoms with Crippen LogP contribution in [0.1, 0.15) is 15.8 Å². The zero-order valence-corrected chi connectivity index (χ0v) is 9.88. The van der Waals surface area contributed by atoms with Gasteiger partial charge in [-0.15, -0.1) is 11.3 Å². The van der Waals surface area contributed by atoms with Crippen molar-refractivity contribution in [2.75, 3.05) is 20.1 Å². The van der Waals surface area contributed by atoms with Crippen molar-refractivity contribution in [1.29, 1.82) is 0 Å². The molecule has 1 amide bonds. The van der Waals surface area contributed by atoms with Gasteiger partial charge in [0.1, 0.15) is 0 Å². The molecule has 1 atom stereocenters. The number of rotatable bonds is 5. The lowest BCUT2D eigenvalue weighted by Gasteiger charge is -2.24. The molecule has 0 radical (unpaired) electrons. The third-order valence-corrected chi connectivity index (χ3v) is 3.35. The molecule has 1 rings (SSSR count). The zero-order valence-electron chi connectivity index (χ0n) is 9.06. The van der Waals surface area contributed by atoms with Crippen LogP contribution < -0.4 is 11.5 Å². The van der Waals surface area contributed by atoms with Crippen molar-refractivity contribution < 1.29 is 4.79 Å². The Labute approximate surface area is 93.9 Å². The van der Waals surface area contributed by atoms with Crippen molar-refractivity contribution in [3.63, 3.8) is 0 Å². The van der Waals surface area contributed by atoms with Crippen molar-refractivity contribution in [1.82, 2.24) is 4.90 Å². The van der Waals surface area contributed by atoms with Gasteiger partial charge in [0.2, 0.25) is 5.91 Å². The Morgan fingerprint density at radius 1 is 1.60 bits per heavy atom. The summed E-state index contributed by atoms with van der Waals surface area (Å²) in [6, 6.07) is 4.19. The zero-order chi connectivity index (χ0) is 11.4. The molecule has 0 bridgehead atoms. The van der Waals surface area contributed by atoms with Crippen LogP contribution in [0, 0.1) is 6.92 Å². The highest BCUT2D eigenvalue weighted by molar-refractivity contribution is 7.12. The standard InChI is InChI=1S/C10H17N3OS/c1-7-3-4-9(15-7)8(5-11)13(2)6-10(12)14/h3-4,8H,5-6,11H2,1-2H3,(H2,12,14). The molecular formula is C10H17N3OS. The molecular weight excluding hydrogens is 210 g/mol. The first-order chi connectivity index (χ1) is 7.04. The molecule has 0 saturated carbocycles. The third kappa shape index (κ3) is 3.30. The number of carbonyl (C=O) groups is 1. The molecule has 0 fully saturated rings. The lowest BCUT2D eigenvalue weighted by Crippen LogP contribution is -2.36. The molecule has 1 aromatic heterocycles. The van der Waals surface area contributed by atoms with E-state index in [2.05, 4.69) is 19.1 Å². The molecule has 5 heteroatoms. The first-order valence-electron chi connectivity index (χ1n) is 4.79. The molecule has 1 aromatic rings. The van der Waals surface area contributed by atoms with E-state index in [9.17, 15) is 4.79 Å². The van der Waals surface area contributed by atoms with Gasteiger partial charge in [0, 0.05) is 16.3 Å². The quantitative estimate of drug-likeness (QED) is 0.768. The summed E-state index contributed by atoms with van der Waals surface area (Å²) < 4.78 is 0. The minimum atomic E-state index is -0.329. The normalized spacial score (nSPS) is 13.1. The van der Waals surface area contributed by atoms with E-state index in [0.29, 0.717) is 6.54 Å². The van der Waals surface area contributed by atoms with Crippen LogP contribution in [0.4, 0.5) is 0 Å². The molecule has 0 saturated heterocycles. The van der Waals surface area contributed by atoms with Gasteiger partial charge >= 0.3 is 0 Å². The second-order valence-electron chi connectivity index (χ2n) is 3.58.